The first-order valence-corrected chi connectivity index (χ1v) is 5.45. The number of nitrogens with zero attached hydrogens (tertiary/aromatic N) is 4. The molecule has 1 aliphatic rings. The predicted molar refractivity (Wildman–Crippen MR) is 60.2 cm³/mol. The topological polar surface area (TPSA) is 57.7 Å². The molecule has 0 spiro atoms. The highest BCUT2D eigenvalue weighted by Gasteiger charge is 2.26. The van der Waals surface area contributed by atoms with Gasteiger partial charge in [-0.1, -0.05) is 0 Å². The smallest absolute Gasteiger partial charge is 0.225 e. The molecule has 1 unspecified atom stereocenters. The second kappa shape index (κ2) is 3.92. The third kappa shape index (κ3) is 1.64. The van der Waals surface area contributed by atoms with E-state index in [1.165, 1.54) is 5.69 Å². The third-order valence-corrected chi connectivity index (χ3v) is 2.99. The Morgan fingerprint density at radius 1 is 1.25 bits per heavy atom. The molecule has 3 rings (SSSR count). The van der Waals surface area contributed by atoms with Crippen molar-refractivity contribution in [2.45, 2.75) is 12.3 Å². The molecule has 1 fully saturated rings. The fourth-order valence-electron chi connectivity index (χ4n) is 2.14. The van der Waals surface area contributed by atoms with Crippen molar-refractivity contribution in [2.75, 3.05) is 18.0 Å². The van der Waals surface area contributed by atoms with Gasteiger partial charge in [-0.25, -0.2) is 9.97 Å². The standard InChI is InChI=1S/C11H13N5/c1-4-12-11(13-5-1)16-7-3-9(8-16)10-2-6-14-15-10/h1-2,4-6,9H,3,7-8H2,(H,14,15). The van der Waals surface area contributed by atoms with E-state index < -0.39 is 0 Å². The van der Waals surface area contributed by atoms with Crippen LogP contribution in [-0.2, 0) is 0 Å². The molecule has 1 atom stereocenters. The van der Waals surface area contributed by atoms with Gasteiger partial charge in [-0.3, -0.25) is 5.10 Å². The normalized spacial score (nSPS) is 20.2. The molecule has 5 heteroatoms. The van der Waals surface area contributed by atoms with E-state index in [1.807, 2.05) is 12.1 Å². The molecular formula is C11H13N5. The number of rotatable bonds is 2. The van der Waals surface area contributed by atoms with Crippen LogP contribution in [0.2, 0.25) is 0 Å². The van der Waals surface area contributed by atoms with Crippen LogP contribution >= 0.6 is 0 Å². The SMILES string of the molecule is c1cnc(N2CCC(c3ccn[nH]3)C2)nc1. The van der Waals surface area contributed by atoms with Crippen LogP contribution in [0.1, 0.15) is 18.0 Å². The number of aromatic amines is 1. The molecule has 5 nitrogen and oxygen atoms in total. The van der Waals surface area contributed by atoms with E-state index in [0.29, 0.717) is 5.92 Å². The third-order valence-electron chi connectivity index (χ3n) is 2.99. The minimum atomic E-state index is 0.520. The summed E-state index contributed by atoms with van der Waals surface area (Å²) in [4.78, 5) is 10.7. The lowest BCUT2D eigenvalue weighted by Gasteiger charge is -2.15. The zero-order valence-electron chi connectivity index (χ0n) is 8.87. The van der Waals surface area contributed by atoms with E-state index in [4.69, 9.17) is 0 Å². The van der Waals surface area contributed by atoms with Crippen molar-refractivity contribution in [1.82, 2.24) is 20.2 Å². The minimum Gasteiger partial charge on any atom is -0.340 e. The molecule has 0 aliphatic carbocycles. The number of anilines is 1. The molecule has 3 heterocycles. The van der Waals surface area contributed by atoms with Gasteiger partial charge in [0.05, 0.1) is 0 Å². The van der Waals surface area contributed by atoms with E-state index in [9.17, 15) is 0 Å². The van der Waals surface area contributed by atoms with Gasteiger partial charge in [0, 0.05) is 43.3 Å². The van der Waals surface area contributed by atoms with Gasteiger partial charge in [0.1, 0.15) is 0 Å². The van der Waals surface area contributed by atoms with E-state index in [1.54, 1.807) is 18.6 Å². The number of aromatic nitrogens is 4. The summed E-state index contributed by atoms with van der Waals surface area (Å²) in [6.45, 7) is 1.97. The molecule has 0 saturated carbocycles. The Balaban J connectivity index is 1.74. The summed E-state index contributed by atoms with van der Waals surface area (Å²) in [5, 5.41) is 7.02. The van der Waals surface area contributed by atoms with Crippen LogP contribution in [0.15, 0.2) is 30.7 Å². The fourth-order valence-corrected chi connectivity index (χ4v) is 2.14. The van der Waals surface area contributed by atoms with E-state index in [0.717, 1.165) is 25.5 Å². The Bertz CT molecular complexity index is 439. The zero-order valence-corrected chi connectivity index (χ0v) is 8.87. The lowest BCUT2D eigenvalue weighted by Crippen LogP contribution is -2.21. The summed E-state index contributed by atoms with van der Waals surface area (Å²) < 4.78 is 0. The molecule has 1 aliphatic heterocycles. The molecule has 1 N–H and O–H groups in total. The molecule has 0 amide bonds. The molecule has 82 valence electrons. The van der Waals surface area contributed by atoms with Gasteiger partial charge in [0.25, 0.3) is 0 Å². The van der Waals surface area contributed by atoms with Crippen LogP contribution in [0.5, 0.6) is 0 Å². The largest absolute Gasteiger partial charge is 0.340 e. The summed E-state index contributed by atoms with van der Waals surface area (Å²) in [7, 11) is 0. The number of hydrogen-bond acceptors (Lipinski definition) is 4. The Labute approximate surface area is 93.5 Å². The Hall–Kier alpha value is -1.91. The molecule has 16 heavy (non-hydrogen) atoms. The highest BCUT2D eigenvalue weighted by molar-refractivity contribution is 5.32. The maximum absolute atomic E-state index is 4.27. The fraction of sp³-hybridized carbons (Fsp3) is 0.364. The second-order valence-electron chi connectivity index (χ2n) is 3.99. The van der Waals surface area contributed by atoms with Crippen molar-refractivity contribution in [2.24, 2.45) is 0 Å². The van der Waals surface area contributed by atoms with Crippen LogP contribution in [0.25, 0.3) is 0 Å². The average molecular weight is 215 g/mol. The quantitative estimate of drug-likeness (QED) is 0.817. The van der Waals surface area contributed by atoms with Gasteiger partial charge in [-0.2, -0.15) is 5.10 Å². The average Bonchev–Trinajstić information content (AvgIpc) is 3.01. The Morgan fingerprint density at radius 2 is 2.12 bits per heavy atom. The van der Waals surface area contributed by atoms with Crippen LogP contribution in [0.4, 0.5) is 5.95 Å². The van der Waals surface area contributed by atoms with E-state index in [-0.39, 0.29) is 0 Å². The maximum atomic E-state index is 4.27. The number of hydrogen-bond donors (Lipinski definition) is 1. The lowest BCUT2D eigenvalue weighted by atomic mass is 10.1. The molecule has 0 radical (unpaired) electrons. The van der Waals surface area contributed by atoms with Gasteiger partial charge in [-0.05, 0) is 18.6 Å². The van der Waals surface area contributed by atoms with Crippen molar-refractivity contribution in [3.8, 4) is 0 Å². The first-order valence-electron chi connectivity index (χ1n) is 5.45. The van der Waals surface area contributed by atoms with Crippen LogP contribution in [-0.4, -0.2) is 33.3 Å². The van der Waals surface area contributed by atoms with Crippen molar-refractivity contribution in [3.63, 3.8) is 0 Å². The lowest BCUT2D eigenvalue weighted by molar-refractivity contribution is 0.736. The van der Waals surface area contributed by atoms with Gasteiger partial charge in [-0.15, -0.1) is 0 Å². The van der Waals surface area contributed by atoms with Crippen molar-refractivity contribution in [1.29, 1.82) is 0 Å². The molecule has 0 aromatic carbocycles. The Morgan fingerprint density at radius 3 is 2.88 bits per heavy atom. The molecular weight excluding hydrogens is 202 g/mol. The summed E-state index contributed by atoms with van der Waals surface area (Å²) in [6.07, 6.45) is 6.50. The van der Waals surface area contributed by atoms with Gasteiger partial charge in [0.15, 0.2) is 0 Å². The Kier molecular flexibility index (Phi) is 2.29. The summed E-state index contributed by atoms with van der Waals surface area (Å²) in [6, 6.07) is 3.88. The summed E-state index contributed by atoms with van der Waals surface area (Å²) in [5.41, 5.74) is 1.21. The maximum Gasteiger partial charge on any atom is 0.225 e. The number of nitrogens with one attached hydrogen (secondary N) is 1. The molecule has 2 aromatic rings. The minimum absolute atomic E-state index is 0.520. The van der Waals surface area contributed by atoms with Crippen molar-refractivity contribution >= 4 is 5.95 Å². The van der Waals surface area contributed by atoms with Crippen LogP contribution in [0, 0.1) is 0 Å². The highest BCUT2D eigenvalue weighted by atomic mass is 15.3. The summed E-state index contributed by atoms with van der Waals surface area (Å²) >= 11 is 0. The zero-order chi connectivity index (χ0) is 10.8. The molecule has 2 aromatic heterocycles. The highest BCUT2D eigenvalue weighted by Crippen LogP contribution is 2.27. The molecule has 1 saturated heterocycles. The number of H-pyrrole nitrogens is 1. The predicted octanol–water partition coefficient (Wildman–Crippen LogP) is 1.19. The van der Waals surface area contributed by atoms with Crippen LogP contribution < -0.4 is 4.90 Å². The molecule has 0 bridgehead atoms. The second-order valence-corrected chi connectivity index (χ2v) is 3.99. The van der Waals surface area contributed by atoms with Crippen LogP contribution in [0.3, 0.4) is 0 Å². The first-order chi connectivity index (χ1) is 7.93. The van der Waals surface area contributed by atoms with E-state index in [2.05, 4.69) is 25.1 Å². The van der Waals surface area contributed by atoms with Gasteiger partial charge >= 0.3 is 0 Å². The monoisotopic (exact) mass is 215 g/mol. The van der Waals surface area contributed by atoms with E-state index >= 15 is 0 Å². The summed E-state index contributed by atoms with van der Waals surface area (Å²) in [5.74, 6) is 1.34. The van der Waals surface area contributed by atoms with Crippen molar-refractivity contribution in [3.05, 3.63) is 36.4 Å². The van der Waals surface area contributed by atoms with Crippen molar-refractivity contribution < 1.29 is 0 Å². The van der Waals surface area contributed by atoms with Gasteiger partial charge < -0.3 is 4.90 Å². The van der Waals surface area contributed by atoms with Gasteiger partial charge in [0.2, 0.25) is 5.95 Å². The first kappa shape index (κ1) is 9.33.